The topological polar surface area (TPSA) is 16.4 Å². The van der Waals surface area contributed by atoms with Crippen molar-refractivity contribution in [1.82, 2.24) is 0 Å². The van der Waals surface area contributed by atoms with E-state index in [4.69, 9.17) is 4.42 Å². The van der Waals surface area contributed by atoms with Crippen LogP contribution in [0.4, 0.5) is 17.1 Å². The van der Waals surface area contributed by atoms with Crippen molar-refractivity contribution in [2.45, 2.75) is 0 Å². The van der Waals surface area contributed by atoms with E-state index in [0.29, 0.717) is 0 Å². The summed E-state index contributed by atoms with van der Waals surface area (Å²) in [4.78, 5) is 2.39. The van der Waals surface area contributed by atoms with E-state index in [0.717, 1.165) is 49.8 Å². The van der Waals surface area contributed by atoms with Crippen LogP contribution in [0, 0.1) is 0 Å². The highest BCUT2D eigenvalue weighted by molar-refractivity contribution is 6.22. The molecule has 1 heterocycles. The zero-order valence-electron chi connectivity index (χ0n) is 29.4. The van der Waals surface area contributed by atoms with Crippen LogP contribution >= 0.6 is 0 Å². The number of hydrogen-bond acceptors (Lipinski definition) is 2. The smallest absolute Gasteiger partial charge is 0.145 e. The lowest BCUT2D eigenvalue weighted by Gasteiger charge is -2.27. The molecule has 11 aromatic rings. The second-order valence-electron chi connectivity index (χ2n) is 14.1. The van der Waals surface area contributed by atoms with Crippen molar-refractivity contribution in [3.05, 3.63) is 200 Å². The number of anilines is 3. The molecule has 0 spiro atoms. The molecule has 0 bridgehead atoms. The van der Waals surface area contributed by atoms with Crippen molar-refractivity contribution in [3.63, 3.8) is 0 Å². The molecule has 2 nitrogen and oxygen atoms in total. The summed E-state index contributed by atoms with van der Waals surface area (Å²) in [6.45, 7) is 0. The van der Waals surface area contributed by atoms with Crippen LogP contribution in [0.1, 0.15) is 0 Å². The van der Waals surface area contributed by atoms with Crippen LogP contribution in [0.3, 0.4) is 0 Å². The van der Waals surface area contributed by atoms with Gasteiger partial charge in [-0.2, -0.15) is 0 Å². The van der Waals surface area contributed by atoms with Gasteiger partial charge in [-0.15, -0.1) is 0 Å². The first kappa shape index (κ1) is 30.5. The Labute approximate surface area is 312 Å². The lowest BCUT2D eigenvalue weighted by atomic mass is 9.97. The van der Waals surface area contributed by atoms with Crippen molar-refractivity contribution in [1.29, 1.82) is 0 Å². The first-order chi connectivity index (χ1) is 26.8. The van der Waals surface area contributed by atoms with Gasteiger partial charge in [0.25, 0.3) is 0 Å². The minimum atomic E-state index is 0.885. The van der Waals surface area contributed by atoms with E-state index in [9.17, 15) is 0 Å². The number of furan rings is 1. The fourth-order valence-corrected chi connectivity index (χ4v) is 8.40. The Morgan fingerprint density at radius 1 is 0.333 bits per heavy atom. The fraction of sp³-hybridized carbons (Fsp3) is 0. The third kappa shape index (κ3) is 4.88. The molecule has 0 fully saturated rings. The molecule has 11 rings (SSSR count). The highest BCUT2D eigenvalue weighted by atomic mass is 16.3. The standard InChI is InChI=1S/C52H33NO/c1-4-14-43-35(10-1)13-9-18-45(43)37-24-29-42(30-25-37)53(49-33-39-12-3-6-16-47(39)52-51(49)48-17-7-8-19-50(48)54-52)41-27-22-34(23-28-41)38-26-31-46-40(32-38)21-20-36-11-2-5-15-44(36)46/h1-33H. The Balaban J connectivity index is 1.09. The summed E-state index contributed by atoms with van der Waals surface area (Å²) in [5.41, 5.74) is 9.81. The molecule has 0 saturated carbocycles. The minimum absolute atomic E-state index is 0.885. The van der Waals surface area contributed by atoms with Gasteiger partial charge in [-0.1, -0.05) is 158 Å². The van der Waals surface area contributed by atoms with Crippen LogP contribution in [-0.4, -0.2) is 0 Å². The number of para-hydroxylation sites is 1. The van der Waals surface area contributed by atoms with Crippen LogP contribution in [-0.2, 0) is 0 Å². The maximum Gasteiger partial charge on any atom is 0.145 e. The Bertz CT molecular complexity index is 3200. The highest BCUT2D eigenvalue weighted by Crippen LogP contribution is 2.46. The van der Waals surface area contributed by atoms with E-state index in [1.807, 2.05) is 6.07 Å². The molecular formula is C52H33NO. The van der Waals surface area contributed by atoms with Gasteiger partial charge in [-0.3, -0.25) is 0 Å². The maximum absolute atomic E-state index is 6.66. The molecule has 0 saturated heterocycles. The zero-order valence-corrected chi connectivity index (χ0v) is 29.4. The molecule has 0 amide bonds. The molecule has 0 aliphatic rings. The normalized spacial score (nSPS) is 11.7. The van der Waals surface area contributed by atoms with Gasteiger partial charge in [0.15, 0.2) is 0 Å². The van der Waals surface area contributed by atoms with E-state index in [1.165, 1.54) is 54.6 Å². The molecule has 252 valence electrons. The van der Waals surface area contributed by atoms with Crippen molar-refractivity contribution >= 4 is 82.1 Å². The third-order valence-electron chi connectivity index (χ3n) is 11.0. The van der Waals surface area contributed by atoms with Gasteiger partial charge in [0.1, 0.15) is 11.2 Å². The molecule has 0 aliphatic carbocycles. The predicted molar refractivity (Wildman–Crippen MR) is 229 cm³/mol. The van der Waals surface area contributed by atoms with Gasteiger partial charge < -0.3 is 9.32 Å². The Hall–Kier alpha value is -7.16. The first-order valence-corrected chi connectivity index (χ1v) is 18.5. The van der Waals surface area contributed by atoms with Crippen LogP contribution in [0.5, 0.6) is 0 Å². The Kier molecular flexibility index (Phi) is 6.90. The molecule has 2 heteroatoms. The molecule has 0 unspecified atom stereocenters. The first-order valence-electron chi connectivity index (χ1n) is 18.5. The number of hydrogen-bond donors (Lipinski definition) is 0. The largest absolute Gasteiger partial charge is 0.455 e. The second-order valence-corrected chi connectivity index (χ2v) is 14.1. The lowest BCUT2D eigenvalue weighted by Crippen LogP contribution is -2.10. The zero-order chi connectivity index (χ0) is 35.6. The van der Waals surface area contributed by atoms with E-state index < -0.39 is 0 Å². The van der Waals surface area contributed by atoms with Gasteiger partial charge in [-0.05, 0) is 102 Å². The lowest BCUT2D eigenvalue weighted by molar-refractivity contribution is 0.672. The summed E-state index contributed by atoms with van der Waals surface area (Å²) >= 11 is 0. The van der Waals surface area contributed by atoms with Gasteiger partial charge >= 0.3 is 0 Å². The number of fused-ring (bicyclic) bond motifs is 9. The van der Waals surface area contributed by atoms with Crippen LogP contribution < -0.4 is 4.90 Å². The molecule has 0 N–H and O–H groups in total. The summed E-state index contributed by atoms with van der Waals surface area (Å²) in [5, 5.41) is 12.0. The minimum Gasteiger partial charge on any atom is -0.455 e. The summed E-state index contributed by atoms with van der Waals surface area (Å²) in [7, 11) is 0. The van der Waals surface area contributed by atoms with Crippen LogP contribution in [0.25, 0.3) is 87.3 Å². The van der Waals surface area contributed by atoms with E-state index in [2.05, 4.69) is 199 Å². The average molecular weight is 688 g/mol. The van der Waals surface area contributed by atoms with Crippen molar-refractivity contribution in [3.8, 4) is 22.3 Å². The van der Waals surface area contributed by atoms with Gasteiger partial charge in [0, 0.05) is 22.1 Å². The molecule has 0 atom stereocenters. The number of rotatable bonds is 5. The Morgan fingerprint density at radius 2 is 0.870 bits per heavy atom. The summed E-state index contributed by atoms with van der Waals surface area (Å²) in [6, 6.07) is 72.3. The quantitative estimate of drug-likeness (QED) is 0.168. The predicted octanol–water partition coefficient (Wildman–Crippen LogP) is 15.0. The van der Waals surface area contributed by atoms with Gasteiger partial charge in [0.05, 0.1) is 11.1 Å². The SMILES string of the molecule is c1ccc2c(-c3ccc(N(c4ccc(-c5ccc6c(ccc7ccccc76)c5)cc4)c4cc5ccccc5c5oc6ccccc6c45)cc3)cccc2c1. The highest BCUT2D eigenvalue weighted by Gasteiger charge is 2.22. The maximum atomic E-state index is 6.66. The average Bonchev–Trinajstić information content (AvgIpc) is 3.64. The molecule has 0 radical (unpaired) electrons. The molecule has 1 aromatic heterocycles. The van der Waals surface area contributed by atoms with Crippen LogP contribution in [0.2, 0.25) is 0 Å². The molecular weight excluding hydrogens is 655 g/mol. The van der Waals surface area contributed by atoms with Crippen molar-refractivity contribution in [2.24, 2.45) is 0 Å². The number of benzene rings is 10. The van der Waals surface area contributed by atoms with Gasteiger partial charge in [-0.25, -0.2) is 0 Å². The summed E-state index contributed by atoms with van der Waals surface area (Å²) in [6.07, 6.45) is 0. The molecule has 54 heavy (non-hydrogen) atoms. The van der Waals surface area contributed by atoms with Crippen LogP contribution in [0.15, 0.2) is 205 Å². The third-order valence-corrected chi connectivity index (χ3v) is 11.0. The van der Waals surface area contributed by atoms with E-state index in [1.54, 1.807) is 0 Å². The monoisotopic (exact) mass is 687 g/mol. The number of nitrogens with zero attached hydrogens (tertiary/aromatic N) is 1. The molecule has 10 aromatic carbocycles. The van der Waals surface area contributed by atoms with Crippen molar-refractivity contribution in [2.75, 3.05) is 4.90 Å². The fourth-order valence-electron chi connectivity index (χ4n) is 8.40. The molecule has 0 aliphatic heterocycles. The van der Waals surface area contributed by atoms with Gasteiger partial charge in [0.2, 0.25) is 0 Å². The second kappa shape index (κ2) is 12.2. The summed E-state index contributed by atoms with van der Waals surface area (Å²) < 4.78 is 6.66. The van der Waals surface area contributed by atoms with Crippen molar-refractivity contribution < 1.29 is 4.42 Å². The Morgan fingerprint density at radius 3 is 1.65 bits per heavy atom. The van der Waals surface area contributed by atoms with E-state index >= 15 is 0 Å². The summed E-state index contributed by atoms with van der Waals surface area (Å²) in [5.74, 6) is 0. The van der Waals surface area contributed by atoms with E-state index in [-0.39, 0.29) is 0 Å².